The molecule has 184 valence electrons. The highest BCUT2D eigenvalue weighted by Gasteiger charge is 2.35. The summed E-state index contributed by atoms with van der Waals surface area (Å²) in [5, 5.41) is 0.305. The Bertz CT molecular complexity index is 1380. The molecule has 0 saturated carbocycles. The van der Waals surface area contributed by atoms with Crippen LogP contribution in [0.5, 0.6) is 11.5 Å². The lowest BCUT2D eigenvalue weighted by molar-refractivity contribution is -0.123. The molecule has 0 aliphatic carbocycles. The summed E-state index contributed by atoms with van der Waals surface area (Å²) in [4.78, 5) is 39.2. The molecule has 2 amide bonds. The van der Waals surface area contributed by atoms with Crippen LogP contribution in [0, 0.1) is 5.82 Å². The molecule has 1 saturated heterocycles. The van der Waals surface area contributed by atoms with Crippen LogP contribution in [0.15, 0.2) is 65.6 Å². The zero-order valence-electron chi connectivity index (χ0n) is 18.8. The van der Waals surface area contributed by atoms with Gasteiger partial charge in [0.2, 0.25) is 0 Å². The van der Waals surface area contributed by atoms with Crippen LogP contribution in [0.3, 0.4) is 0 Å². The number of esters is 1. The number of hydrogen-bond acceptors (Lipinski definition) is 6. The number of rotatable bonds is 7. The van der Waals surface area contributed by atoms with Gasteiger partial charge in [0.15, 0.2) is 11.5 Å². The molecule has 36 heavy (non-hydrogen) atoms. The Morgan fingerprint density at radius 1 is 1.00 bits per heavy atom. The molecule has 0 N–H and O–H groups in total. The average Bonchev–Trinajstić information content (AvgIpc) is 3.10. The highest BCUT2D eigenvalue weighted by molar-refractivity contribution is 8.18. The van der Waals surface area contributed by atoms with E-state index in [1.54, 1.807) is 43.3 Å². The van der Waals surface area contributed by atoms with Crippen molar-refractivity contribution in [2.75, 3.05) is 6.61 Å². The van der Waals surface area contributed by atoms with Gasteiger partial charge in [-0.2, -0.15) is 0 Å². The third-order valence-electron chi connectivity index (χ3n) is 5.05. The van der Waals surface area contributed by atoms with Crippen LogP contribution in [0.1, 0.15) is 28.4 Å². The summed E-state index contributed by atoms with van der Waals surface area (Å²) >= 11 is 12.8. The van der Waals surface area contributed by atoms with Gasteiger partial charge in [0, 0.05) is 0 Å². The van der Waals surface area contributed by atoms with Crippen LogP contribution < -0.4 is 9.47 Å². The topological polar surface area (TPSA) is 72.9 Å². The first-order valence-corrected chi connectivity index (χ1v) is 12.3. The molecular weight excluding hydrogens is 528 g/mol. The molecule has 1 aliphatic rings. The summed E-state index contributed by atoms with van der Waals surface area (Å²) in [6.07, 6.45) is 1.56. The van der Waals surface area contributed by atoms with Crippen LogP contribution >= 0.6 is 35.0 Å². The number of thioether (sulfide) groups is 1. The first-order valence-electron chi connectivity index (χ1n) is 10.7. The third-order valence-corrected chi connectivity index (χ3v) is 6.69. The minimum Gasteiger partial charge on any atom is -0.490 e. The molecule has 0 unspecified atom stereocenters. The number of benzene rings is 3. The Morgan fingerprint density at radius 2 is 1.75 bits per heavy atom. The number of hydrogen-bond donors (Lipinski definition) is 0. The highest BCUT2D eigenvalue weighted by Crippen LogP contribution is 2.36. The molecule has 1 heterocycles. The zero-order valence-corrected chi connectivity index (χ0v) is 21.1. The van der Waals surface area contributed by atoms with Gasteiger partial charge in [-0.15, -0.1) is 0 Å². The lowest BCUT2D eigenvalue weighted by atomic mass is 10.1. The second-order valence-corrected chi connectivity index (χ2v) is 9.36. The molecule has 6 nitrogen and oxygen atoms in total. The molecule has 4 rings (SSSR count). The third kappa shape index (κ3) is 5.90. The highest BCUT2D eigenvalue weighted by atomic mass is 35.5. The van der Waals surface area contributed by atoms with Crippen molar-refractivity contribution in [2.24, 2.45) is 0 Å². The van der Waals surface area contributed by atoms with Crippen LogP contribution in [0.4, 0.5) is 9.18 Å². The Balaban J connectivity index is 1.53. The zero-order chi connectivity index (χ0) is 25.8. The summed E-state index contributed by atoms with van der Waals surface area (Å²) in [5.41, 5.74) is 1.41. The van der Waals surface area contributed by atoms with E-state index in [0.717, 1.165) is 28.8 Å². The van der Waals surface area contributed by atoms with Crippen molar-refractivity contribution in [3.05, 3.63) is 98.1 Å². The van der Waals surface area contributed by atoms with E-state index in [9.17, 15) is 18.8 Å². The van der Waals surface area contributed by atoms with E-state index in [1.165, 1.54) is 18.2 Å². The summed E-state index contributed by atoms with van der Waals surface area (Å²) in [6, 6.07) is 14.6. The quantitative estimate of drug-likeness (QED) is 0.181. The lowest BCUT2D eigenvalue weighted by Crippen LogP contribution is -2.27. The van der Waals surface area contributed by atoms with Crippen LogP contribution in [0.25, 0.3) is 6.08 Å². The standard InChI is InChI=1S/C26H18Cl2FNO5S/c1-2-34-22-12-15(4-10-21(22)35-25(32)17-5-7-18(29)8-6-17)13-23-24(31)30(26(33)36-23)14-16-3-9-19(27)20(28)11-16/h3-13H,2,14H2,1H3/b23-13-. The van der Waals surface area contributed by atoms with Gasteiger partial charge in [-0.3, -0.25) is 14.5 Å². The molecule has 0 bridgehead atoms. The molecule has 3 aromatic rings. The fourth-order valence-electron chi connectivity index (χ4n) is 3.32. The molecule has 10 heteroatoms. The molecule has 0 radical (unpaired) electrons. The largest absolute Gasteiger partial charge is 0.490 e. The second kappa shape index (κ2) is 11.2. The Kier molecular flexibility index (Phi) is 7.98. The van der Waals surface area contributed by atoms with Crippen LogP contribution in [-0.2, 0) is 11.3 Å². The smallest absolute Gasteiger partial charge is 0.343 e. The Hall–Kier alpha value is -3.33. The van der Waals surface area contributed by atoms with Crippen molar-refractivity contribution < 1.29 is 28.2 Å². The van der Waals surface area contributed by atoms with Gasteiger partial charge in [0.25, 0.3) is 11.1 Å². The normalized spacial score (nSPS) is 14.4. The predicted octanol–water partition coefficient (Wildman–Crippen LogP) is 6.99. The van der Waals surface area contributed by atoms with Crippen molar-refractivity contribution in [2.45, 2.75) is 13.5 Å². The van der Waals surface area contributed by atoms with E-state index >= 15 is 0 Å². The number of carbonyl (C=O) groups is 3. The van der Waals surface area contributed by atoms with Gasteiger partial charge in [0.05, 0.1) is 33.7 Å². The van der Waals surface area contributed by atoms with Crippen molar-refractivity contribution in [3.63, 3.8) is 0 Å². The van der Waals surface area contributed by atoms with Gasteiger partial charge in [-0.1, -0.05) is 35.3 Å². The molecule has 3 aromatic carbocycles. The second-order valence-electron chi connectivity index (χ2n) is 7.55. The van der Waals surface area contributed by atoms with Gasteiger partial charge in [0.1, 0.15) is 5.82 Å². The molecule has 0 spiro atoms. The number of imide groups is 1. The fraction of sp³-hybridized carbons (Fsp3) is 0.115. The Morgan fingerprint density at radius 3 is 2.44 bits per heavy atom. The summed E-state index contributed by atoms with van der Waals surface area (Å²) in [7, 11) is 0. The molecule has 0 atom stereocenters. The number of carbonyl (C=O) groups excluding carboxylic acids is 3. The van der Waals surface area contributed by atoms with Crippen molar-refractivity contribution in [1.82, 2.24) is 4.90 Å². The fourth-order valence-corrected chi connectivity index (χ4v) is 4.48. The number of halogens is 3. The van der Waals surface area contributed by atoms with Gasteiger partial charge < -0.3 is 9.47 Å². The van der Waals surface area contributed by atoms with E-state index < -0.39 is 22.9 Å². The maximum Gasteiger partial charge on any atom is 0.343 e. The van der Waals surface area contributed by atoms with E-state index in [2.05, 4.69) is 0 Å². The maximum atomic E-state index is 13.1. The van der Waals surface area contributed by atoms with E-state index in [4.69, 9.17) is 32.7 Å². The van der Waals surface area contributed by atoms with Crippen LogP contribution in [-0.4, -0.2) is 28.6 Å². The van der Waals surface area contributed by atoms with E-state index in [0.29, 0.717) is 27.8 Å². The summed E-state index contributed by atoms with van der Waals surface area (Å²) in [6.45, 7) is 2.12. The minimum absolute atomic E-state index is 0.0569. The maximum absolute atomic E-state index is 13.1. The van der Waals surface area contributed by atoms with Crippen molar-refractivity contribution in [1.29, 1.82) is 0 Å². The minimum atomic E-state index is -0.674. The first-order chi connectivity index (χ1) is 17.2. The van der Waals surface area contributed by atoms with Crippen LogP contribution in [0.2, 0.25) is 10.0 Å². The summed E-state index contributed by atoms with van der Waals surface area (Å²) < 4.78 is 24.2. The molecule has 1 aliphatic heterocycles. The molecule has 0 aromatic heterocycles. The Labute approximate surface area is 220 Å². The van der Waals surface area contributed by atoms with Gasteiger partial charge >= 0.3 is 5.97 Å². The number of nitrogens with zero attached hydrogens (tertiary/aromatic N) is 1. The summed E-state index contributed by atoms with van der Waals surface area (Å²) in [5.74, 6) is -1.15. The number of amides is 2. The van der Waals surface area contributed by atoms with Gasteiger partial charge in [-0.25, -0.2) is 9.18 Å². The molecule has 1 fully saturated rings. The SMILES string of the molecule is CCOc1cc(/C=C2\SC(=O)N(Cc3ccc(Cl)c(Cl)c3)C2=O)ccc1OC(=O)c1ccc(F)cc1. The number of ether oxygens (including phenoxy) is 2. The predicted molar refractivity (Wildman–Crippen MR) is 137 cm³/mol. The van der Waals surface area contributed by atoms with E-state index in [1.807, 2.05) is 0 Å². The van der Waals surface area contributed by atoms with Gasteiger partial charge in [-0.05, 0) is 84.4 Å². The van der Waals surface area contributed by atoms with E-state index in [-0.39, 0.29) is 28.5 Å². The van der Waals surface area contributed by atoms with Crippen molar-refractivity contribution in [3.8, 4) is 11.5 Å². The monoisotopic (exact) mass is 545 g/mol. The first kappa shape index (κ1) is 25.8. The average molecular weight is 546 g/mol. The molecular formula is C26H18Cl2FNO5S. The lowest BCUT2D eigenvalue weighted by Gasteiger charge is -2.13. The van der Waals surface area contributed by atoms with Crippen molar-refractivity contribution >= 4 is 58.2 Å².